The van der Waals surface area contributed by atoms with Crippen LogP contribution >= 0.6 is 0 Å². The summed E-state index contributed by atoms with van der Waals surface area (Å²) >= 11 is 0. The number of ether oxygens (including phenoxy) is 1. The summed E-state index contributed by atoms with van der Waals surface area (Å²) in [7, 11) is 1.70. The van der Waals surface area contributed by atoms with Gasteiger partial charge in [-0.05, 0) is 20.8 Å². The van der Waals surface area contributed by atoms with Gasteiger partial charge < -0.3 is 9.84 Å². The normalized spacial score (nSPS) is 11.4. The summed E-state index contributed by atoms with van der Waals surface area (Å²) in [5.74, 6) is 0. The van der Waals surface area contributed by atoms with E-state index >= 15 is 0 Å². The van der Waals surface area contributed by atoms with E-state index in [4.69, 9.17) is 9.84 Å². The zero-order valence-electron chi connectivity index (χ0n) is 11.9. The lowest BCUT2D eigenvalue weighted by atomic mass is 10.2. The highest BCUT2D eigenvalue weighted by molar-refractivity contribution is 5.24. The fourth-order valence-electron chi connectivity index (χ4n) is 2.13. The lowest BCUT2D eigenvalue weighted by Gasteiger charge is -2.21. The highest BCUT2D eigenvalue weighted by Gasteiger charge is 2.14. The van der Waals surface area contributed by atoms with Gasteiger partial charge in [0.15, 0.2) is 0 Å². The van der Waals surface area contributed by atoms with Crippen molar-refractivity contribution in [2.24, 2.45) is 0 Å². The molecule has 1 heterocycles. The number of rotatable bonds is 8. The third kappa shape index (κ3) is 3.80. The second-order valence-corrected chi connectivity index (χ2v) is 4.46. The molecule has 0 amide bonds. The summed E-state index contributed by atoms with van der Waals surface area (Å²) < 4.78 is 7.12. The van der Waals surface area contributed by atoms with Crippen LogP contribution < -0.4 is 0 Å². The number of hydrogen-bond acceptors (Lipinski definition) is 4. The Hall–Kier alpha value is -0.910. The van der Waals surface area contributed by atoms with Gasteiger partial charge >= 0.3 is 0 Å². The Balaban J connectivity index is 2.76. The number of aliphatic hydroxyl groups is 1. The van der Waals surface area contributed by atoms with Gasteiger partial charge in [0.25, 0.3) is 0 Å². The number of hydrogen-bond donors (Lipinski definition) is 1. The molecule has 0 spiro atoms. The van der Waals surface area contributed by atoms with Gasteiger partial charge in [-0.25, -0.2) is 0 Å². The van der Waals surface area contributed by atoms with Gasteiger partial charge in [0.1, 0.15) is 0 Å². The van der Waals surface area contributed by atoms with Crippen molar-refractivity contribution in [1.29, 1.82) is 0 Å². The first-order chi connectivity index (χ1) is 8.63. The number of methoxy groups -OCH3 is 1. The van der Waals surface area contributed by atoms with Crippen molar-refractivity contribution in [3.63, 3.8) is 0 Å². The Bertz CT molecular complexity index is 363. The van der Waals surface area contributed by atoms with Crippen LogP contribution in [0, 0.1) is 13.8 Å². The molecule has 0 aliphatic carbocycles. The minimum Gasteiger partial charge on any atom is -0.395 e. The lowest BCUT2D eigenvalue weighted by Crippen LogP contribution is -2.30. The maximum atomic E-state index is 9.10. The predicted octanol–water partition coefficient (Wildman–Crippen LogP) is 0.961. The van der Waals surface area contributed by atoms with Crippen molar-refractivity contribution in [2.45, 2.75) is 33.9 Å². The molecule has 1 N–H and O–H groups in total. The number of aromatic nitrogens is 2. The predicted molar refractivity (Wildman–Crippen MR) is 71.6 cm³/mol. The van der Waals surface area contributed by atoms with Crippen molar-refractivity contribution in [2.75, 3.05) is 33.4 Å². The SMILES string of the molecule is CCn1nc(C)c(CN(CCO)CCOC)c1C. The van der Waals surface area contributed by atoms with Gasteiger partial charge in [-0.1, -0.05) is 0 Å². The number of nitrogens with zero attached hydrogens (tertiary/aromatic N) is 3. The second kappa shape index (κ2) is 7.51. The first-order valence-corrected chi connectivity index (χ1v) is 6.49. The lowest BCUT2D eigenvalue weighted by molar-refractivity contribution is 0.126. The molecule has 0 saturated heterocycles. The Labute approximate surface area is 109 Å². The maximum Gasteiger partial charge on any atom is 0.0641 e. The molecule has 5 nitrogen and oxygen atoms in total. The fraction of sp³-hybridized carbons (Fsp3) is 0.769. The van der Waals surface area contributed by atoms with Crippen LogP contribution in [0.1, 0.15) is 23.9 Å². The first-order valence-electron chi connectivity index (χ1n) is 6.49. The zero-order chi connectivity index (χ0) is 13.5. The molecule has 1 rings (SSSR count). The third-order valence-corrected chi connectivity index (χ3v) is 3.24. The van der Waals surface area contributed by atoms with Crippen molar-refractivity contribution in [3.05, 3.63) is 17.0 Å². The Morgan fingerprint density at radius 1 is 1.33 bits per heavy atom. The van der Waals surface area contributed by atoms with Gasteiger partial charge in [0.2, 0.25) is 0 Å². The smallest absolute Gasteiger partial charge is 0.0641 e. The van der Waals surface area contributed by atoms with Crippen LogP contribution in [0.2, 0.25) is 0 Å². The van der Waals surface area contributed by atoms with E-state index in [2.05, 4.69) is 23.8 Å². The topological polar surface area (TPSA) is 50.5 Å². The summed E-state index contributed by atoms with van der Waals surface area (Å²) in [4.78, 5) is 2.19. The largest absolute Gasteiger partial charge is 0.395 e. The van der Waals surface area contributed by atoms with Crippen LogP contribution in [0.15, 0.2) is 0 Å². The van der Waals surface area contributed by atoms with Gasteiger partial charge in [-0.2, -0.15) is 5.10 Å². The van der Waals surface area contributed by atoms with Crippen LogP contribution in [0.3, 0.4) is 0 Å². The summed E-state index contributed by atoms with van der Waals surface area (Å²) in [6.07, 6.45) is 0. The Kier molecular flexibility index (Phi) is 6.32. The standard InChI is InChI=1S/C13H25N3O2/c1-5-16-12(3)13(11(2)14-16)10-15(6-8-17)7-9-18-4/h17H,5-10H2,1-4H3. The Morgan fingerprint density at radius 2 is 2.06 bits per heavy atom. The number of aryl methyl sites for hydroxylation is 2. The quantitative estimate of drug-likeness (QED) is 0.752. The van der Waals surface area contributed by atoms with Gasteiger partial charge in [-0.15, -0.1) is 0 Å². The van der Waals surface area contributed by atoms with Crippen LogP contribution in [0.25, 0.3) is 0 Å². The minimum atomic E-state index is 0.170. The monoisotopic (exact) mass is 255 g/mol. The first kappa shape index (κ1) is 15.1. The van der Waals surface area contributed by atoms with E-state index in [1.165, 1.54) is 11.3 Å². The van der Waals surface area contributed by atoms with E-state index in [0.717, 1.165) is 25.3 Å². The molecule has 0 aromatic carbocycles. The molecule has 0 aliphatic rings. The summed E-state index contributed by atoms with van der Waals surface area (Å²) in [6.45, 7) is 10.3. The summed E-state index contributed by atoms with van der Waals surface area (Å²) in [5, 5.41) is 13.6. The molecule has 0 atom stereocenters. The molecule has 5 heteroatoms. The van der Waals surface area contributed by atoms with Crippen molar-refractivity contribution >= 4 is 0 Å². The fourth-order valence-corrected chi connectivity index (χ4v) is 2.13. The summed E-state index contributed by atoms with van der Waals surface area (Å²) in [5.41, 5.74) is 3.56. The molecule has 0 unspecified atom stereocenters. The maximum absolute atomic E-state index is 9.10. The molecule has 18 heavy (non-hydrogen) atoms. The van der Waals surface area contributed by atoms with Gasteiger partial charge in [-0.3, -0.25) is 9.58 Å². The van der Waals surface area contributed by atoms with E-state index < -0.39 is 0 Å². The van der Waals surface area contributed by atoms with Crippen molar-refractivity contribution in [1.82, 2.24) is 14.7 Å². The Morgan fingerprint density at radius 3 is 2.56 bits per heavy atom. The van der Waals surface area contributed by atoms with Crippen LogP contribution in [-0.4, -0.2) is 53.2 Å². The number of aliphatic hydroxyl groups excluding tert-OH is 1. The third-order valence-electron chi connectivity index (χ3n) is 3.24. The van der Waals surface area contributed by atoms with Gasteiger partial charge in [0, 0.05) is 44.5 Å². The van der Waals surface area contributed by atoms with Gasteiger partial charge in [0.05, 0.1) is 18.9 Å². The van der Waals surface area contributed by atoms with Crippen LogP contribution in [-0.2, 0) is 17.8 Å². The minimum absolute atomic E-state index is 0.170. The average molecular weight is 255 g/mol. The van der Waals surface area contributed by atoms with Crippen molar-refractivity contribution in [3.8, 4) is 0 Å². The summed E-state index contributed by atoms with van der Waals surface area (Å²) in [6, 6.07) is 0. The molecule has 0 bridgehead atoms. The molecule has 0 aliphatic heterocycles. The molecule has 1 aromatic rings. The molecule has 0 radical (unpaired) electrons. The van der Waals surface area contributed by atoms with Crippen molar-refractivity contribution < 1.29 is 9.84 Å². The van der Waals surface area contributed by atoms with Crippen LogP contribution in [0.5, 0.6) is 0 Å². The van der Waals surface area contributed by atoms with E-state index in [0.29, 0.717) is 13.2 Å². The van der Waals surface area contributed by atoms with E-state index in [-0.39, 0.29) is 6.61 Å². The average Bonchev–Trinajstić information content (AvgIpc) is 2.63. The highest BCUT2D eigenvalue weighted by atomic mass is 16.5. The van der Waals surface area contributed by atoms with Crippen LogP contribution in [0.4, 0.5) is 0 Å². The molecule has 104 valence electrons. The zero-order valence-corrected chi connectivity index (χ0v) is 11.9. The van der Waals surface area contributed by atoms with E-state index in [9.17, 15) is 0 Å². The highest BCUT2D eigenvalue weighted by Crippen LogP contribution is 2.15. The molecule has 0 saturated carbocycles. The van der Waals surface area contributed by atoms with E-state index in [1.54, 1.807) is 7.11 Å². The second-order valence-electron chi connectivity index (χ2n) is 4.46. The molecule has 1 aromatic heterocycles. The molecular weight excluding hydrogens is 230 g/mol. The molecular formula is C13H25N3O2. The van der Waals surface area contributed by atoms with E-state index in [1.807, 2.05) is 11.6 Å². The molecule has 0 fully saturated rings.